The second-order valence-electron chi connectivity index (χ2n) is 4.92. The number of benzene rings is 1. The Bertz CT molecular complexity index is 586. The first-order chi connectivity index (χ1) is 9.31. The highest BCUT2D eigenvalue weighted by Gasteiger charge is 2.50. The van der Waals surface area contributed by atoms with Crippen molar-refractivity contribution in [3.05, 3.63) is 54.1 Å². The van der Waals surface area contributed by atoms with Crippen LogP contribution >= 0.6 is 11.8 Å². The molecule has 0 saturated carbocycles. The van der Waals surface area contributed by atoms with E-state index in [0.717, 1.165) is 17.3 Å². The zero-order valence-electron chi connectivity index (χ0n) is 10.3. The fourth-order valence-corrected chi connectivity index (χ4v) is 4.29. The fraction of sp³-hybridized carbons (Fsp3) is 0.286. The van der Waals surface area contributed by atoms with E-state index in [9.17, 15) is 4.39 Å². The van der Waals surface area contributed by atoms with Gasteiger partial charge >= 0.3 is 0 Å². The van der Waals surface area contributed by atoms with Crippen molar-refractivity contribution < 1.29 is 4.39 Å². The summed E-state index contributed by atoms with van der Waals surface area (Å²) in [6.45, 7) is 0.644. The Morgan fingerprint density at radius 1 is 1.32 bits per heavy atom. The molecule has 1 aromatic rings. The molecule has 98 valence electrons. The van der Waals surface area contributed by atoms with Gasteiger partial charge in [0.15, 0.2) is 0 Å². The molecule has 1 atom stereocenters. The van der Waals surface area contributed by atoms with Gasteiger partial charge in [0.2, 0.25) is 0 Å². The highest BCUT2D eigenvalue weighted by molar-refractivity contribution is 7.99. The van der Waals surface area contributed by atoms with Gasteiger partial charge in [-0.3, -0.25) is 5.32 Å². The molecule has 0 aliphatic carbocycles. The lowest BCUT2D eigenvalue weighted by Crippen LogP contribution is -2.53. The van der Waals surface area contributed by atoms with Gasteiger partial charge in [-0.25, -0.2) is 4.39 Å². The third-order valence-electron chi connectivity index (χ3n) is 3.94. The molecule has 0 bridgehead atoms. The summed E-state index contributed by atoms with van der Waals surface area (Å²) in [7, 11) is 0. The third-order valence-corrected chi connectivity index (χ3v) is 5.02. The second kappa shape index (κ2) is 4.02. The van der Waals surface area contributed by atoms with Crippen LogP contribution in [0.3, 0.4) is 0 Å². The minimum atomic E-state index is -0.172. The molecule has 4 rings (SSSR count). The zero-order valence-corrected chi connectivity index (χ0v) is 11.2. The van der Waals surface area contributed by atoms with Gasteiger partial charge in [-0.1, -0.05) is 12.1 Å². The Morgan fingerprint density at radius 2 is 2.21 bits per heavy atom. The number of hydrogen-bond donors (Lipinski definition) is 1. The van der Waals surface area contributed by atoms with E-state index in [-0.39, 0.29) is 11.5 Å². The Morgan fingerprint density at radius 3 is 3.11 bits per heavy atom. The predicted octanol–water partition coefficient (Wildman–Crippen LogP) is 2.31. The lowest BCUT2D eigenvalue weighted by Gasteiger charge is -2.37. The minimum Gasteiger partial charge on any atom is -0.345 e. The van der Waals surface area contributed by atoms with Crippen molar-refractivity contribution in [2.75, 3.05) is 23.2 Å². The molecule has 5 heteroatoms. The lowest BCUT2D eigenvalue weighted by molar-refractivity contribution is 0.231. The van der Waals surface area contributed by atoms with Crippen LogP contribution in [0.25, 0.3) is 0 Å². The molecule has 1 aromatic carbocycles. The Kier molecular flexibility index (Phi) is 2.40. The summed E-state index contributed by atoms with van der Waals surface area (Å²) in [5, 5.41) is 3.55. The van der Waals surface area contributed by atoms with Crippen LogP contribution in [0.15, 0.2) is 48.3 Å². The summed E-state index contributed by atoms with van der Waals surface area (Å²) in [6.07, 6.45) is 6.25. The van der Waals surface area contributed by atoms with Gasteiger partial charge in [-0.05, 0) is 24.3 Å². The summed E-state index contributed by atoms with van der Waals surface area (Å²) >= 11 is 1.90. The number of hydrogen-bond acceptors (Lipinski definition) is 4. The van der Waals surface area contributed by atoms with Crippen molar-refractivity contribution >= 4 is 17.4 Å². The summed E-state index contributed by atoms with van der Waals surface area (Å²) in [4.78, 5) is 4.34. The van der Waals surface area contributed by atoms with E-state index in [2.05, 4.69) is 22.5 Å². The van der Waals surface area contributed by atoms with E-state index in [0.29, 0.717) is 12.4 Å². The zero-order chi connectivity index (χ0) is 12.9. The van der Waals surface area contributed by atoms with Crippen LogP contribution in [-0.2, 0) is 0 Å². The minimum absolute atomic E-state index is 0.151. The number of nitrogens with one attached hydrogen (secondary N) is 1. The van der Waals surface area contributed by atoms with Crippen LogP contribution in [0, 0.1) is 5.82 Å². The van der Waals surface area contributed by atoms with Gasteiger partial charge in [-0.2, -0.15) is 0 Å². The van der Waals surface area contributed by atoms with Crippen LogP contribution in [0.2, 0.25) is 0 Å². The Hall–Kier alpha value is -1.46. The SMILES string of the molecule is Fc1ccccc1N1CNC23CSCN2C=CC=C13. The van der Waals surface area contributed by atoms with Gasteiger partial charge < -0.3 is 9.80 Å². The third kappa shape index (κ3) is 1.48. The summed E-state index contributed by atoms with van der Waals surface area (Å²) in [5.74, 6) is 1.80. The van der Waals surface area contributed by atoms with E-state index >= 15 is 0 Å². The standard InChI is InChI=1S/C14H14FN3S/c15-11-4-1-2-5-12(11)18-9-16-14-8-19-10-17(14)7-3-6-13(14)18/h1-7,16H,8-10H2. The molecule has 0 aromatic heterocycles. The van der Waals surface area contributed by atoms with Crippen LogP contribution in [0.5, 0.6) is 0 Å². The van der Waals surface area contributed by atoms with Crippen LogP contribution in [-0.4, -0.2) is 28.9 Å². The number of allylic oxidation sites excluding steroid dienone is 2. The predicted molar refractivity (Wildman–Crippen MR) is 76.0 cm³/mol. The maximum absolute atomic E-state index is 14.0. The first-order valence-electron chi connectivity index (χ1n) is 6.32. The number of nitrogens with zero attached hydrogens (tertiary/aromatic N) is 2. The molecule has 2 fully saturated rings. The molecule has 3 aliphatic heterocycles. The molecule has 2 saturated heterocycles. The molecule has 19 heavy (non-hydrogen) atoms. The van der Waals surface area contributed by atoms with Crippen molar-refractivity contribution in [2.24, 2.45) is 0 Å². The van der Waals surface area contributed by atoms with Gasteiger partial charge in [0.05, 0.1) is 23.9 Å². The highest BCUT2D eigenvalue weighted by Crippen LogP contribution is 2.43. The van der Waals surface area contributed by atoms with Gasteiger partial charge in [0, 0.05) is 12.0 Å². The number of para-hydroxylation sites is 1. The van der Waals surface area contributed by atoms with Crippen LogP contribution in [0.1, 0.15) is 0 Å². The average Bonchev–Trinajstić information content (AvgIpc) is 3.00. The molecule has 1 N–H and O–H groups in total. The van der Waals surface area contributed by atoms with Crippen molar-refractivity contribution in [1.82, 2.24) is 10.2 Å². The summed E-state index contributed by atoms with van der Waals surface area (Å²) in [5.41, 5.74) is 1.64. The quantitative estimate of drug-likeness (QED) is 0.847. The van der Waals surface area contributed by atoms with E-state index in [1.165, 1.54) is 6.07 Å². The topological polar surface area (TPSA) is 18.5 Å². The van der Waals surface area contributed by atoms with E-state index < -0.39 is 0 Å². The van der Waals surface area contributed by atoms with Crippen LogP contribution in [0.4, 0.5) is 10.1 Å². The lowest BCUT2D eigenvalue weighted by atomic mass is 10.0. The van der Waals surface area contributed by atoms with Crippen molar-refractivity contribution in [3.63, 3.8) is 0 Å². The second-order valence-corrected chi connectivity index (χ2v) is 5.87. The number of anilines is 1. The van der Waals surface area contributed by atoms with Crippen molar-refractivity contribution in [1.29, 1.82) is 0 Å². The van der Waals surface area contributed by atoms with Crippen molar-refractivity contribution in [3.8, 4) is 0 Å². The largest absolute Gasteiger partial charge is 0.345 e. The van der Waals surface area contributed by atoms with Gasteiger partial charge in [-0.15, -0.1) is 11.8 Å². The Balaban J connectivity index is 1.79. The molecule has 0 amide bonds. The molecule has 1 unspecified atom stereocenters. The molecular weight excluding hydrogens is 261 g/mol. The first-order valence-corrected chi connectivity index (χ1v) is 7.47. The molecular formula is C14H14FN3S. The molecule has 0 radical (unpaired) electrons. The van der Waals surface area contributed by atoms with Crippen LogP contribution < -0.4 is 10.2 Å². The van der Waals surface area contributed by atoms with E-state index in [1.807, 2.05) is 34.9 Å². The van der Waals surface area contributed by atoms with E-state index in [4.69, 9.17) is 0 Å². The molecule has 3 aliphatic rings. The molecule has 3 nitrogen and oxygen atoms in total. The number of halogens is 1. The van der Waals surface area contributed by atoms with E-state index in [1.54, 1.807) is 6.07 Å². The Labute approximate surface area is 115 Å². The maximum Gasteiger partial charge on any atom is 0.146 e. The van der Waals surface area contributed by atoms with Gasteiger partial charge in [0.1, 0.15) is 11.5 Å². The number of rotatable bonds is 1. The maximum atomic E-state index is 14.0. The highest BCUT2D eigenvalue weighted by atomic mass is 32.2. The monoisotopic (exact) mass is 275 g/mol. The normalized spacial score (nSPS) is 28.4. The average molecular weight is 275 g/mol. The summed E-state index contributed by atoms with van der Waals surface area (Å²) < 4.78 is 14.0. The fourth-order valence-electron chi connectivity index (χ4n) is 2.99. The summed E-state index contributed by atoms with van der Waals surface area (Å²) in [6, 6.07) is 6.96. The molecule has 3 heterocycles. The smallest absolute Gasteiger partial charge is 0.146 e. The number of thioether (sulfide) groups is 1. The van der Waals surface area contributed by atoms with Crippen molar-refractivity contribution in [2.45, 2.75) is 5.66 Å². The van der Waals surface area contributed by atoms with Gasteiger partial charge in [0.25, 0.3) is 0 Å². The molecule has 1 spiro atoms. The first kappa shape index (κ1) is 11.4.